The van der Waals surface area contributed by atoms with Gasteiger partial charge in [-0.3, -0.25) is 0 Å². The van der Waals surface area contributed by atoms with E-state index in [1.54, 1.807) is 0 Å². The lowest BCUT2D eigenvalue weighted by molar-refractivity contribution is 0.260. The molecule has 0 aliphatic rings. The van der Waals surface area contributed by atoms with E-state index in [4.69, 9.17) is 20.9 Å². The zero-order chi connectivity index (χ0) is 14.0. The first-order chi connectivity index (χ1) is 9.20. The predicted molar refractivity (Wildman–Crippen MR) is 87.7 cm³/mol. The molecule has 0 heterocycles. The van der Waals surface area contributed by atoms with Gasteiger partial charge in [0.1, 0.15) is 0 Å². The molecule has 0 spiro atoms. The average molecular weight is 314 g/mol. The molecule has 0 fully saturated rings. The van der Waals surface area contributed by atoms with Crippen LogP contribution >= 0.6 is 17.1 Å². The molecule has 0 aliphatic heterocycles. The van der Waals surface area contributed by atoms with Crippen molar-refractivity contribution in [1.29, 1.82) is 0 Å². The predicted octanol–water partition coefficient (Wildman–Crippen LogP) is 4.81. The van der Waals surface area contributed by atoms with Gasteiger partial charge < -0.3 is 9.05 Å². The number of hydrogen-bond donors (Lipinski definition) is 0. The van der Waals surface area contributed by atoms with Crippen LogP contribution in [0.5, 0.6) is 0 Å². The molecule has 0 aromatic heterocycles. The third-order valence-electron chi connectivity index (χ3n) is 2.03. The summed E-state index contributed by atoms with van der Waals surface area (Å²) < 4.78 is 11.4. The molecule has 1 aromatic rings. The van der Waals surface area contributed by atoms with E-state index in [0.29, 0.717) is 13.2 Å². The third kappa shape index (κ3) is 7.15. The van der Waals surface area contributed by atoms with Gasteiger partial charge in [0, 0.05) is 16.9 Å². The second kappa shape index (κ2) is 9.58. The number of rotatable bonds is 7. The van der Waals surface area contributed by atoms with Gasteiger partial charge in [0.05, 0.1) is 13.2 Å². The molecule has 0 radical (unpaired) electrons. The largest absolute Gasteiger partial charge is 0.321 e. The fourth-order valence-electron chi connectivity index (χ4n) is 1.16. The highest BCUT2D eigenvalue weighted by atomic mass is 32.9. The van der Waals surface area contributed by atoms with Gasteiger partial charge in [0.25, 0.3) is 5.69 Å². The summed E-state index contributed by atoms with van der Waals surface area (Å²) in [5.74, 6) is 3.07. The van der Waals surface area contributed by atoms with Gasteiger partial charge >= 0.3 is 0 Å². The minimum atomic E-state index is -2.31. The standard InChI is InChI=1S/C14H19O2PS2/c1-3-11-15-17(18,16-12-4-2)19-13-10-14-8-6-5-7-9-14/h5-9H,3-4,11-12H2,1-2H3. The summed E-state index contributed by atoms with van der Waals surface area (Å²) in [4.78, 5) is 0. The molecule has 0 atom stereocenters. The van der Waals surface area contributed by atoms with E-state index in [0.717, 1.165) is 18.4 Å². The van der Waals surface area contributed by atoms with Gasteiger partial charge in [-0.15, -0.1) is 0 Å². The summed E-state index contributed by atoms with van der Waals surface area (Å²) in [5.41, 5.74) is -1.34. The quantitative estimate of drug-likeness (QED) is 0.531. The Hall–Kier alpha value is -0.300. The van der Waals surface area contributed by atoms with E-state index in [-0.39, 0.29) is 0 Å². The van der Waals surface area contributed by atoms with Crippen LogP contribution in [0.3, 0.4) is 0 Å². The Bertz CT molecular complexity index is 453. The Kier molecular flexibility index (Phi) is 8.45. The smallest absolute Gasteiger partial charge is 0.259 e. The van der Waals surface area contributed by atoms with Crippen molar-refractivity contribution in [2.24, 2.45) is 0 Å². The summed E-state index contributed by atoms with van der Waals surface area (Å²) >= 11 is 6.79. The van der Waals surface area contributed by atoms with Crippen LogP contribution in [0.1, 0.15) is 32.3 Å². The summed E-state index contributed by atoms with van der Waals surface area (Å²) in [6, 6.07) is 9.84. The number of hydrogen-bond acceptors (Lipinski definition) is 4. The van der Waals surface area contributed by atoms with Crippen LogP contribution in [0.2, 0.25) is 0 Å². The normalized spacial score (nSPS) is 10.8. The molecular formula is C14H19O2PS2. The second-order valence-corrected chi connectivity index (χ2v) is 9.72. The van der Waals surface area contributed by atoms with E-state index in [2.05, 4.69) is 25.0 Å². The molecule has 5 heteroatoms. The van der Waals surface area contributed by atoms with Gasteiger partial charge in [-0.2, -0.15) is 0 Å². The molecule has 0 aliphatic carbocycles. The van der Waals surface area contributed by atoms with Gasteiger partial charge in [-0.05, 0) is 42.0 Å². The fraction of sp³-hybridized carbons (Fsp3) is 0.429. The second-order valence-electron chi connectivity index (χ2n) is 3.80. The van der Waals surface area contributed by atoms with E-state index < -0.39 is 5.69 Å². The Balaban J connectivity index is 2.62. The zero-order valence-corrected chi connectivity index (χ0v) is 13.8. The van der Waals surface area contributed by atoms with Gasteiger partial charge in [0.2, 0.25) is 0 Å². The van der Waals surface area contributed by atoms with Crippen molar-refractivity contribution in [3.63, 3.8) is 0 Å². The van der Waals surface area contributed by atoms with Crippen molar-refractivity contribution in [3.8, 4) is 11.2 Å². The maximum Gasteiger partial charge on any atom is 0.259 e. The van der Waals surface area contributed by atoms with Crippen LogP contribution in [0, 0.1) is 11.2 Å². The molecule has 0 saturated carbocycles. The third-order valence-corrected chi connectivity index (χ3v) is 6.33. The highest BCUT2D eigenvalue weighted by molar-refractivity contribution is 8.69. The summed E-state index contributed by atoms with van der Waals surface area (Å²) in [6.07, 6.45) is 1.86. The van der Waals surface area contributed by atoms with Crippen LogP contribution in [-0.2, 0) is 20.9 Å². The topological polar surface area (TPSA) is 18.5 Å². The van der Waals surface area contributed by atoms with Gasteiger partial charge in [-0.1, -0.05) is 38.0 Å². The molecule has 104 valence electrons. The van der Waals surface area contributed by atoms with E-state index >= 15 is 0 Å². The molecule has 0 bridgehead atoms. The Morgan fingerprint density at radius 3 is 2.21 bits per heavy atom. The molecule has 1 aromatic carbocycles. The fourth-order valence-corrected chi connectivity index (χ4v) is 4.44. The molecular weight excluding hydrogens is 295 g/mol. The first-order valence-corrected chi connectivity index (χ1v) is 10.4. The number of benzene rings is 1. The molecule has 0 unspecified atom stereocenters. The maximum absolute atomic E-state index is 5.68. The highest BCUT2D eigenvalue weighted by Crippen LogP contribution is 2.60. The van der Waals surface area contributed by atoms with Gasteiger partial charge in [0.15, 0.2) is 0 Å². The first-order valence-electron chi connectivity index (χ1n) is 6.34. The summed E-state index contributed by atoms with van der Waals surface area (Å²) in [5, 5.41) is 3.02. The van der Waals surface area contributed by atoms with Crippen molar-refractivity contribution in [3.05, 3.63) is 35.9 Å². The van der Waals surface area contributed by atoms with Crippen molar-refractivity contribution >= 4 is 28.9 Å². The van der Waals surface area contributed by atoms with E-state index in [1.807, 2.05) is 30.3 Å². The van der Waals surface area contributed by atoms with Crippen molar-refractivity contribution in [2.75, 3.05) is 13.2 Å². The Morgan fingerprint density at radius 1 is 1.11 bits per heavy atom. The zero-order valence-electron chi connectivity index (χ0n) is 11.3. The highest BCUT2D eigenvalue weighted by Gasteiger charge is 2.18. The SMILES string of the molecule is CCCOP(=S)(OCCC)SC#Cc1ccccc1. The minimum Gasteiger partial charge on any atom is -0.321 e. The molecule has 0 saturated heterocycles. The molecule has 19 heavy (non-hydrogen) atoms. The Labute approximate surface area is 125 Å². The van der Waals surface area contributed by atoms with E-state index in [1.165, 1.54) is 11.4 Å². The lowest BCUT2D eigenvalue weighted by Gasteiger charge is -2.18. The average Bonchev–Trinajstić information content (AvgIpc) is 2.44. The minimum absolute atomic E-state index is 0.626. The van der Waals surface area contributed by atoms with Crippen LogP contribution in [0.4, 0.5) is 0 Å². The lowest BCUT2D eigenvalue weighted by Crippen LogP contribution is -1.94. The van der Waals surface area contributed by atoms with Crippen molar-refractivity contribution in [2.45, 2.75) is 26.7 Å². The van der Waals surface area contributed by atoms with E-state index in [9.17, 15) is 0 Å². The Morgan fingerprint density at radius 2 is 1.68 bits per heavy atom. The van der Waals surface area contributed by atoms with Gasteiger partial charge in [-0.25, -0.2) is 0 Å². The molecule has 0 amide bonds. The molecule has 0 N–H and O–H groups in total. The monoisotopic (exact) mass is 314 g/mol. The lowest BCUT2D eigenvalue weighted by atomic mass is 10.2. The molecule has 2 nitrogen and oxygen atoms in total. The van der Waals surface area contributed by atoms with Crippen LogP contribution in [-0.4, -0.2) is 13.2 Å². The summed E-state index contributed by atoms with van der Waals surface area (Å²) in [7, 11) is 0. The van der Waals surface area contributed by atoms with Crippen molar-refractivity contribution in [1.82, 2.24) is 0 Å². The summed E-state index contributed by atoms with van der Waals surface area (Å²) in [6.45, 7) is 5.36. The maximum atomic E-state index is 5.68. The van der Waals surface area contributed by atoms with Crippen molar-refractivity contribution < 1.29 is 9.05 Å². The van der Waals surface area contributed by atoms with Crippen LogP contribution < -0.4 is 0 Å². The first kappa shape index (κ1) is 16.8. The van der Waals surface area contributed by atoms with Crippen LogP contribution in [0.15, 0.2) is 30.3 Å². The van der Waals surface area contributed by atoms with Crippen LogP contribution in [0.25, 0.3) is 0 Å². The molecule has 1 rings (SSSR count).